The maximum atomic E-state index is 11.7. The molecule has 0 aliphatic heterocycles. The molecule has 1 unspecified atom stereocenters. The molecule has 0 saturated carbocycles. The highest BCUT2D eigenvalue weighted by Crippen LogP contribution is 2.06. The Kier molecular flexibility index (Phi) is 4.23. The van der Waals surface area contributed by atoms with Gasteiger partial charge in [-0.25, -0.2) is 8.42 Å². The molecular weight excluding hydrogens is 212 g/mol. The summed E-state index contributed by atoms with van der Waals surface area (Å²) in [5.41, 5.74) is 6.33. The summed E-state index contributed by atoms with van der Waals surface area (Å²) in [5.74, 6) is 0.0624. The fourth-order valence-corrected chi connectivity index (χ4v) is 2.92. The van der Waals surface area contributed by atoms with Crippen molar-refractivity contribution in [2.75, 3.05) is 5.75 Å². The Morgan fingerprint density at radius 2 is 2.27 bits per heavy atom. The third-order valence-corrected chi connectivity index (χ3v) is 3.81. The van der Waals surface area contributed by atoms with E-state index in [0.717, 1.165) is 0 Å². The molecule has 5 heteroatoms. The number of sulfone groups is 1. The Morgan fingerprint density at radius 3 is 2.80 bits per heavy atom. The van der Waals surface area contributed by atoms with E-state index in [-0.39, 0.29) is 17.5 Å². The monoisotopic (exact) mass is 228 g/mol. The number of aromatic nitrogens is 1. The Bertz CT molecular complexity index is 389. The number of hydrogen-bond acceptors (Lipinski definition) is 4. The molecular formula is C10H16N2O2S. The lowest BCUT2D eigenvalue weighted by atomic mass is 10.3. The quantitative estimate of drug-likeness (QED) is 0.806. The first-order chi connectivity index (χ1) is 7.03. The second-order valence-corrected chi connectivity index (χ2v) is 5.69. The predicted molar refractivity (Wildman–Crippen MR) is 60.0 cm³/mol. The molecule has 2 N–H and O–H groups in total. The molecule has 0 fully saturated rings. The second-order valence-electron chi connectivity index (χ2n) is 3.58. The van der Waals surface area contributed by atoms with Crippen LogP contribution in [-0.4, -0.2) is 25.2 Å². The standard InChI is InChI=1S/C10H16N2O2S/c1-2-10(11)8-15(13,14)7-9-4-3-5-12-6-9/h3-6,10H,2,7-8,11H2,1H3. The summed E-state index contributed by atoms with van der Waals surface area (Å²) in [7, 11) is -3.11. The number of hydrogen-bond donors (Lipinski definition) is 1. The molecule has 0 radical (unpaired) electrons. The highest BCUT2D eigenvalue weighted by atomic mass is 32.2. The minimum absolute atomic E-state index is 0.0224. The van der Waals surface area contributed by atoms with Crippen LogP contribution in [0.4, 0.5) is 0 Å². The van der Waals surface area contributed by atoms with E-state index in [1.165, 1.54) is 0 Å². The lowest BCUT2D eigenvalue weighted by Gasteiger charge is -2.09. The lowest BCUT2D eigenvalue weighted by Crippen LogP contribution is -2.29. The van der Waals surface area contributed by atoms with E-state index in [2.05, 4.69) is 4.98 Å². The van der Waals surface area contributed by atoms with Crippen LogP contribution in [0.1, 0.15) is 18.9 Å². The van der Waals surface area contributed by atoms with Crippen LogP contribution in [0, 0.1) is 0 Å². The summed E-state index contributed by atoms with van der Waals surface area (Å²) in [4.78, 5) is 3.87. The van der Waals surface area contributed by atoms with Gasteiger partial charge in [-0.2, -0.15) is 0 Å². The molecule has 0 spiro atoms. The van der Waals surface area contributed by atoms with Crippen molar-refractivity contribution in [1.29, 1.82) is 0 Å². The third kappa shape index (κ3) is 4.40. The molecule has 15 heavy (non-hydrogen) atoms. The molecule has 84 valence electrons. The van der Waals surface area contributed by atoms with Crippen molar-refractivity contribution in [2.45, 2.75) is 25.1 Å². The normalized spacial score (nSPS) is 13.7. The van der Waals surface area contributed by atoms with E-state index >= 15 is 0 Å². The van der Waals surface area contributed by atoms with Crippen molar-refractivity contribution >= 4 is 9.84 Å². The molecule has 1 rings (SSSR count). The average Bonchev–Trinajstić information content (AvgIpc) is 2.17. The van der Waals surface area contributed by atoms with Gasteiger partial charge in [-0.3, -0.25) is 4.98 Å². The maximum Gasteiger partial charge on any atom is 0.156 e. The highest BCUT2D eigenvalue weighted by molar-refractivity contribution is 7.90. The molecule has 4 nitrogen and oxygen atoms in total. The Balaban J connectivity index is 2.65. The van der Waals surface area contributed by atoms with Gasteiger partial charge in [-0.05, 0) is 18.1 Å². The van der Waals surface area contributed by atoms with Gasteiger partial charge in [-0.1, -0.05) is 13.0 Å². The van der Waals surface area contributed by atoms with Gasteiger partial charge in [0, 0.05) is 18.4 Å². The Morgan fingerprint density at radius 1 is 1.53 bits per heavy atom. The van der Waals surface area contributed by atoms with Crippen LogP contribution < -0.4 is 5.73 Å². The van der Waals surface area contributed by atoms with Crippen LogP contribution in [0.25, 0.3) is 0 Å². The molecule has 1 aromatic rings. The van der Waals surface area contributed by atoms with Crippen LogP contribution in [0.15, 0.2) is 24.5 Å². The second kappa shape index (κ2) is 5.23. The maximum absolute atomic E-state index is 11.7. The van der Waals surface area contributed by atoms with Gasteiger partial charge in [0.25, 0.3) is 0 Å². The zero-order chi connectivity index (χ0) is 11.3. The van der Waals surface area contributed by atoms with Crippen molar-refractivity contribution in [2.24, 2.45) is 5.73 Å². The molecule has 0 bridgehead atoms. The smallest absolute Gasteiger partial charge is 0.156 e. The van der Waals surface area contributed by atoms with Crippen LogP contribution in [-0.2, 0) is 15.6 Å². The summed E-state index contributed by atoms with van der Waals surface area (Å²) >= 11 is 0. The molecule has 0 amide bonds. The zero-order valence-electron chi connectivity index (χ0n) is 8.76. The van der Waals surface area contributed by atoms with Crippen LogP contribution >= 0.6 is 0 Å². The van der Waals surface area contributed by atoms with Crippen molar-refractivity contribution in [3.8, 4) is 0 Å². The fraction of sp³-hybridized carbons (Fsp3) is 0.500. The van der Waals surface area contributed by atoms with E-state index in [1.54, 1.807) is 24.5 Å². The van der Waals surface area contributed by atoms with Gasteiger partial charge in [0.05, 0.1) is 11.5 Å². The summed E-state index contributed by atoms with van der Waals surface area (Å²) in [6.07, 6.45) is 3.86. The molecule has 1 heterocycles. The molecule has 1 atom stereocenters. The molecule has 0 aromatic carbocycles. The van der Waals surface area contributed by atoms with Crippen LogP contribution in [0.2, 0.25) is 0 Å². The number of pyridine rings is 1. The first-order valence-electron chi connectivity index (χ1n) is 4.88. The summed E-state index contributed by atoms with van der Waals surface area (Å²) in [6.45, 7) is 1.88. The third-order valence-electron chi connectivity index (χ3n) is 2.10. The SMILES string of the molecule is CCC(N)CS(=O)(=O)Cc1cccnc1. The van der Waals surface area contributed by atoms with Gasteiger partial charge in [0.1, 0.15) is 0 Å². The van der Waals surface area contributed by atoms with Crippen LogP contribution in [0.5, 0.6) is 0 Å². The zero-order valence-corrected chi connectivity index (χ0v) is 9.57. The Labute approximate surface area is 90.4 Å². The molecule has 0 saturated heterocycles. The molecule has 0 aliphatic rings. The number of nitrogens with zero attached hydrogens (tertiary/aromatic N) is 1. The van der Waals surface area contributed by atoms with Crippen molar-refractivity contribution in [3.05, 3.63) is 30.1 Å². The van der Waals surface area contributed by atoms with E-state index in [1.807, 2.05) is 6.92 Å². The van der Waals surface area contributed by atoms with Gasteiger partial charge < -0.3 is 5.73 Å². The van der Waals surface area contributed by atoms with Gasteiger partial charge in [-0.15, -0.1) is 0 Å². The highest BCUT2D eigenvalue weighted by Gasteiger charge is 2.15. The minimum Gasteiger partial charge on any atom is -0.327 e. The first kappa shape index (κ1) is 12.1. The van der Waals surface area contributed by atoms with Gasteiger partial charge in [0.15, 0.2) is 9.84 Å². The van der Waals surface area contributed by atoms with E-state index in [9.17, 15) is 8.42 Å². The van der Waals surface area contributed by atoms with E-state index in [4.69, 9.17) is 5.73 Å². The summed E-state index contributed by atoms with van der Waals surface area (Å²) in [6, 6.07) is 3.21. The number of rotatable bonds is 5. The van der Waals surface area contributed by atoms with Gasteiger partial charge >= 0.3 is 0 Å². The van der Waals surface area contributed by atoms with E-state index < -0.39 is 9.84 Å². The van der Waals surface area contributed by atoms with Crippen LogP contribution in [0.3, 0.4) is 0 Å². The minimum atomic E-state index is -3.11. The first-order valence-corrected chi connectivity index (χ1v) is 6.70. The fourth-order valence-electron chi connectivity index (χ4n) is 1.24. The molecule has 0 aliphatic carbocycles. The largest absolute Gasteiger partial charge is 0.327 e. The average molecular weight is 228 g/mol. The number of nitrogens with two attached hydrogens (primary N) is 1. The van der Waals surface area contributed by atoms with Gasteiger partial charge in [0.2, 0.25) is 0 Å². The van der Waals surface area contributed by atoms with E-state index in [0.29, 0.717) is 12.0 Å². The Hall–Kier alpha value is -0.940. The summed E-state index contributed by atoms with van der Waals surface area (Å²) < 4.78 is 23.3. The van der Waals surface area contributed by atoms with Crippen molar-refractivity contribution < 1.29 is 8.42 Å². The predicted octanol–water partition coefficient (Wildman–Crippen LogP) is 0.734. The van der Waals surface area contributed by atoms with Crippen molar-refractivity contribution in [3.63, 3.8) is 0 Å². The molecule has 1 aromatic heterocycles. The lowest BCUT2D eigenvalue weighted by molar-refractivity contribution is 0.583. The van der Waals surface area contributed by atoms with Crippen molar-refractivity contribution in [1.82, 2.24) is 4.98 Å². The summed E-state index contributed by atoms with van der Waals surface area (Å²) in [5, 5.41) is 0. The topological polar surface area (TPSA) is 73.1 Å².